The van der Waals surface area contributed by atoms with Gasteiger partial charge in [0.15, 0.2) is 0 Å². The molecule has 6 nitrogen and oxygen atoms in total. The van der Waals surface area contributed by atoms with Crippen LogP contribution < -0.4 is 0 Å². The summed E-state index contributed by atoms with van der Waals surface area (Å²) in [6, 6.07) is 17.1. The quantitative estimate of drug-likeness (QED) is 0.735. The summed E-state index contributed by atoms with van der Waals surface area (Å²) < 4.78 is 0. The maximum absolute atomic E-state index is 12.6. The van der Waals surface area contributed by atoms with Crippen molar-refractivity contribution in [3.05, 3.63) is 71.3 Å². The molecular weight excluding hydrogens is 366 g/mol. The van der Waals surface area contributed by atoms with Gasteiger partial charge in [0, 0.05) is 44.8 Å². The molecule has 2 aliphatic rings. The smallest absolute Gasteiger partial charge is 0.312 e. The molecule has 0 atom stereocenters. The Balaban J connectivity index is 1.35. The van der Waals surface area contributed by atoms with Gasteiger partial charge in [0.05, 0.1) is 0 Å². The number of benzene rings is 2. The Hall–Kier alpha value is -3.15. The number of nitrogens with zero attached hydrogens (tertiary/aromatic N) is 3. The topological polar surface area (TPSA) is 60.9 Å². The van der Waals surface area contributed by atoms with E-state index in [1.54, 1.807) is 9.80 Å². The van der Waals surface area contributed by atoms with Crippen LogP contribution in [0.25, 0.3) is 0 Å². The van der Waals surface area contributed by atoms with Crippen molar-refractivity contribution in [3.8, 4) is 0 Å². The molecule has 2 saturated heterocycles. The summed E-state index contributed by atoms with van der Waals surface area (Å²) in [5, 5.41) is 0. The molecule has 6 heteroatoms. The van der Waals surface area contributed by atoms with Crippen molar-refractivity contribution in [2.24, 2.45) is 0 Å². The standard InChI is InChI=1S/C23H25N3O3/c27-21(24-12-4-5-13-24)20-10-8-19(9-11-20)17-26-15-14-25(22(28)23(26)29)16-18-6-2-1-3-7-18/h1-3,6-11H,4-5,12-17H2. The number of hydrogen-bond donors (Lipinski definition) is 0. The average molecular weight is 391 g/mol. The minimum absolute atomic E-state index is 0.0647. The van der Waals surface area contributed by atoms with Crippen LogP contribution in [0.4, 0.5) is 0 Å². The van der Waals surface area contributed by atoms with Gasteiger partial charge < -0.3 is 14.7 Å². The Kier molecular flexibility index (Phi) is 5.60. The zero-order chi connectivity index (χ0) is 20.2. The maximum Gasteiger partial charge on any atom is 0.312 e. The van der Waals surface area contributed by atoms with Crippen LogP contribution >= 0.6 is 0 Å². The minimum atomic E-state index is -0.468. The van der Waals surface area contributed by atoms with Gasteiger partial charge in [0.25, 0.3) is 5.91 Å². The van der Waals surface area contributed by atoms with Gasteiger partial charge in [-0.2, -0.15) is 0 Å². The molecule has 2 heterocycles. The predicted molar refractivity (Wildman–Crippen MR) is 109 cm³/mol. The Labute approximate surface area is 170 Å². The lowest BCUT2D eigenvalue weighted by molar-refractivity contribution is -0.156. The molecule has 0 spiro atoms. The van der Waals surface area contributed by atoms with E-state index >= 15 is 0 Å². The normalized spacial score (nSPS) is 17.2. The highest BCUT2D eigenvalue weighted by atomic mass is 16.2. The summed E-state index contributed by atoms with van der Waals surface area (Å²) in [5.74, 6) is -0.861. The van der Waals surface area contributed by atoms with E-state index in [4.69, 9.17) is 0 Å². The third-order valence-electron chi connectivity index (χ3n) is 5.58. The molecule has 150 valence electrons. The van der Waals surface area contributed by atoms with Crippen LogP contribution in [-0.4, -0.2) is 58.6 Å². The summed E-state index contributed by atoms with van der Waals surface area (Å²) in [6.07, 6.45) is 2.13. The lowest BCUT2D eigenvalue weighted by Gasteiger charge is -2.34. The van der Waals surface area contributed by atoms with E-state index in [-0.39, 0.29) is 5.91 Å². The summed E-state index contributed by atoms with van der Waals surface area (Å²) in [5.41, 5.74) is 2.60. The molecule has 0 unspecified atom stereocenters. The molecule has 2 fully saturated rings. The first kappa shape index (κ1) is 19.2. The molecule has 2 aliphatic heterocycles. The largest absolute Gasteiger partial charge is 0.339 e. The molecule has 29 heavy (non-hydrogen) atoms. The fourth-order valence-corrected chi connectivity index (χ4v) is 3.90. The number of amides is 3. The third-order valence-corrected chi connectivity index (χ3v) is 5.58. The van der Waals surface area contributed by atoms with Gasteiger partial charge >= 0.3 is 11.8 Å². The van der Waals surface area contributed by atoms with Crippen LogP contribution in [-0.2, 0) is 22.7 Å². The first-order valence-corrected chi connectivity index (χ1v) is 10.1. The van der Waals surface area contributed by atoms with Gasteiger partial charge in [-0.05, 0) is 36.1 Å². The fourth-order valence-electron chi connectivity index (χ4n) is 3.90. The van der Waals surface area contributed by atoms with E-state index in [1.165, 1.54) is 0 Å². The number of carbonyl (C=O) groups is 3. The molecular formula is C23H25N3O3. The van der Waals surface area contributed by atoms with Gasteiger partial charge in [0.1, 0.15) is 0 Å². The van der Waals surface area contributed by atoms with Gasteiger partial charge in [0.2, 0.25) is 0 Å². The lowest BCUT2D eigenvalue weighted by atomic mass is 10.1. The van der Waals surface area contributed by atoms with E-state index in [0.29, 0.717) is 31.7 Å². The molecule has 4 rings (SSSR count). The maximum atomic E-state index is 12.6. The van der Waals surface area contributed by atoms with Gasteiger partial charge in [-0.15, -0.1) is 0 Å². The first-order valence-electron chi connectivity index (χ1n) is 10.1. The van der Waals surface area contributed by atoms with Crippen LogP contribution in [0.3, 0.4) is 0 Å². The van der Waals surface area contributed by atoms with E-state index in [1.807, 2.05) is 59.5 Å². The van der Waals surface area contributed by atoms with Gasteiger partial charge in [-0.3, -0.25) is 14.4 Å². The summed E-state index contributed by atoms with van der Waals surface area (Å²) in [7, 11) is 0. The first-order chi connectivity index (χ1) is 14.1. The van der Waals surface area contributed by atoms with E-state index in [9.17, 15) is 14.4 Å². The highest BCUT2D eigenvalue weighted by Gasteiger charge is 2.32. The van der Waals surface area contributed by atoms with Crippen LogP contribution in [0, 0.1) is 0 Å². The molecule has 0 saturated carbocycles. The zero-order valence-corrected chi connectivity index (χ0v) is 16.4. The van der Waals surface area contributed by atoms with Gasteiger partial charge in [-0.25, -0.2) is 0 Å². The molecule has 2 aromatic carbocycles. The number of carbonyl (C=O) groups excluding carboxylic acids is 3. The van der Waals surface area contributed by atoms with Crippen molar-refractivity contribution in [1.29, 1.82) is 0 Å². The molecule has 2 aromatic rings. The average Bonchev–Trinajstić information content (AvgIpc) is 3.29. The van der Waals surface area contributed by atoms with Crippen LogP contribution in [0.15, 0.2) is 54.6 Å². The Morgan fingerprint density at radius 1 is 0.690 bits per heavy atom. The van der Waals surface area contributed by atoms with Crippen molar-refractivity contribution in [3.63, 3.8) is 0 Å². The van der Waals surface area contributed by atoms with Crippen LogP contribution in [0.2, 0.25) is 0 Å². The van der Waals surface area contributed by atoms with Crippen molar-refractivity contribution < 1.29 is 14.4 Å². The zero-order valence-electron chi connectivity index (χ0n) is 16.4. The van der Waals surface area contributed by atoms with Crippen LogP contribution in [0.1, 0.15) is 34.3 Å². The van der Waals surface area contributed by atoms with E-state index in [0.717, 1.165) is 37.1 Å². The van der Waals surface area contributed by atoms with Crippen molar-refractivity contribution in [1.82, 2.24) is 14.7 Å². The van der Waals surface area contributed by atoms with E-state index in [2.05, 4.69) is 0 Å². The number of likely N-dealkylation sites (tertiary alicyclic amines) is 1. The number of hydrogen-bond acceptors (Lipinski definition) is 3. The molecule has 3 amide bonds. The predicted octanol–water partition coefficient (Wildman–Crippen LogP) is 2.29. The molecule has 0 radical (unpaired) electrons. The second kappa shape index (κ2) is 8.47. The van der Waals surface area contributed by atoms with Gasteiger partial charge in [-0.1, -0.05) is 42.5 Å². The number of rotatable bonds is 5. The third kappa shape index (κ3) is 4.31. The Bertz CT molecular complexity index is 889. The molecule has 0 aromatic heterocycles. The van der Waals surface area contributed by atoms with Crippen molar-refractivity contribution >= 4 is 17.7 Å². The summed E-state index contributed by atoms with van der Waals surface area (Å²) >= 11 is 0. The second-order valence-corrected chi connectivity index (χ2v) is 7.64. The molecule has 0 bridgehead atoms. The van der Waals surface area contributed by atoms with Crippen molar-refractivity contribution in [2.45, 2.75) is 25.9 Å². The fraction of sp³-hybridized carbons (Fsp3) is 0.348. The Morgan fingerprint density at radius 3 is 1.76 bits per heavy atom. The van der Waals surface area contributed by atoms with Crippen LogP contribution in [0.5, 0.6) is 0 Å². The molecule has 0 aliphatic carbocycles. The highest BCUT2D eigenvalue weighted by molar-refractivity contribution is 6.35. The van der Waals surface area contributed by atoms with Crippen molar-refractivity contribution in [2.75, 3.05) is 26.2 Å². The second-order valence-electron chi connectivity index (χ2n) is 7.64. The lowest BCUT2D eigenvalue weighted by Crippen LogP contribution is -2.53. The monoisotopic (exact) mass is 391 g/mol. The Morgan fingerprint density at radius 2 is 1.21 bits per heavy atom. The SMILES string of the molecule is O=C1C(=O)N(Cc2ccc(C(=O)N3CCCC3)cc2)CCN1Cc1ccccc1. The number of piperazine rings is 1. The highest BCUT2D eigenvalue weighted by Crippen LogP contribution is 2.16. The van der Waals surface area contributed by atoms with E-state index < -0.39 is 11.8 Å². The minimum Gasteiger partial charge on any atom is -0.339 e. The molecule has 0 N–H and O–H groups in total. The summed E-state index contributed by atoms with van der Waals surface area (Å²) in [6.45, 7) is 3.50. The summed E-state index contributed by atoms with van der Waals surface area (Å²) in [4.78, 5) is 42.6.